The summed E-state index contributed by atoms with van der Waals surface area (Å²) in [7, 11) is 0. The number of nitrogens with one attached hydrogen (secondary N) is 2. The number of nitrogens with zero attached hydrogens (tertiary/aromatic N) is 1. The van der Waals surface area contributed by atoms with E-state index in [1.54, 1.807) is 30.5 Å². The third-order valence-electron chi connectivity index (χ3n) is 3.25. The van der Waals surface area contributed by atoms with Crippen LogP contribution in [0.25, 0.3) is 0 Å². The Morgan fingerprint density at radius 3 is 2.52 bits per heavy atom. The second kappa shape index (κ2) is 9.17. The Labute approximate surface area is 145 Å². The fraction of sp³-hybridized carbons (Fsp3) is 0.222. The van der Waals surface area contributed by atoms with Crippen LogP contribution in [0.4, 0.5) is 11.4 Å². The molecule has 0 spiro atoms. The van der Waals surface area contributed by atoms with Crippen molar-refractivity contribution >= 4 is 29.2 Å². The molecule has 2 aromatic rings. The lowest BCUT2D eigenvalue weighted by Gasteiger charge is -2.11. The van der Waals surface area contributed by atoms with Crippen LogP contribution in [-0.2, 0) is 14.3 Å². The lowest BCUT2D eigenvalue weighted by Crippen LogP contribution is -2.29. The number of benzene rings is 1. The SMILES string of the molecule is CCCCOC(=O)c1ccccc1NC(=O)C(=O)Nc1cccnc1. The largest absolute Gasteiger partial charge is 0.462 e. The van der Waals surface area contributed by atoms with E-state index in [0.29, 0.717) is 12.3 Å². The van der Waals surface area contributed by atoms with Crippen LogP contribution in [0, 0.1) is 0 Å². The molecule has 2 N–H and O–H groups in total. The van der Waals surface area contributed by atoms with Gasteiger partial charge < -0.3 is 15.4 Å². The van der Waals surface area contributed by atoms with E-state index in [0.717, 1.165) is 12.8 Å². The maximum absolute atomic E-state index is 12.1. The number of aromatic nitrogens is 1. The third-order valence-corrected chi connectivity index (χ3v) is 3.25. The number of hydrogen-bond donors (Lipinski definition) is 2. The first-order chi connectivity index (χ1) is 12.1. The predicted molar refractivity (Wildman–Crippen MR) is 93.1 cm³/mol. The van der Waals surface area contributed by atoms with Crippen LogP contribution in [0.2, 0.25) is 0 Å². The maximum atomic E-state index is 12.1. The highest BCUT2D eigenvalue weighted by molar-refractivity contribution is 6.43. The molecule has 7 heteroatoms. The molecule has 1 aromatic carbocycles. The number of amides is 2. The van der Waals surface area contributed by atoms with Gasteiger partial charge in [0.25, 0.3) is 0 Å². The van der Waals surface area contributed by atoms with Crippen molar-refractivity contribution in [2.45, 2.75) is 19.8 Å². The molecule has 0 aliphatic heterocycles. The molecule has 0 aliphatic carbocycles. The quantitative estimate of drug-likeness (QED) is 0.478. The van der Waals surface area contributed by atoms with Crippen LogP contribution >= 0.6 is 0 Å². The summed E-state index contributed by atoms with van der Waals surface area (Å²) in [4.78, 5) is 39.9. The van der Waals surface area contributed by atoms with Crippen LogP contribution in [0.5, 0.6) is 0 Å². The van der Waals surface area contributed by atoms with Crippen molar-refractivity contribution in [1.29, 1.82) is 0 Å². The fourth-order valence-electron chi connectivity index (χ4n) is 1.96. The minimum absolute atomic E-state index is 0.195. The normalized spacial score (nSPS) is 9.96. The highest BCUT2D eigenvalue weighted by atomic mass is 16.5. The van der Waals surface area contributed by atoms with Crippen LogP contribution in [0.1, 0.15) is 30.1 Å². The minimum Gasteiger partial charge on any atom is -0.462 e. The molecule has 1 aromatic heterocycles. The van der Waals surface area contributed by atoms with Gasteiger partial charge in [0.1, 0.15) is 0 Å². The Balaban J connectivity index is 2.03. The topological polar surface area (TPSA) is 97.4 Å². The molecule has 0 saturated heterocycles. The molecular formula is C18H19N3O4. The molecule has 130 valence electrons. The summed E-state index contributed by atoms with van der Waals surface area (Å²) in [5, 5.41) is 4.85. The first-order valence-electron chi connectivity index (χ1n) is 7.90. The molecule has 0 radical (unpaired) electrons. The summed E-state index contributed by atoms with van der Waals surface area (Å²) in [6, 6.07) is 9.61. The average molecular weight is 341 g/mol. The molecule has 0 fully saturated rings. The van der Waals surface area contributed by atoms with Gasteiger partial charge in [-0.3, -0.25) is 14.6 Å². The monoisotopic (exact) mass is 341 g/mol. The number of carbonyl (C=O) groups is 3. The molecule has 25 heavy (non-hydrogen) atoms. The van der Waals surface area contributed by atoms with Crippen LogP contribution in [0.15, 0.2) is 48.8 Å². The summed E-state index contributed by atoms with van der Waals surface area (Å²) >= 11 is 0. The highest BCUT2D eigenvalue weighted by Crippen LogP contribution is 2.16. The van der Waals surface area contributed by atoms with Gasteiger partial charge >= 0.3 is 17.8 Å². The van der Waals surface area contributed by atoms with Crippen molar-refractivity contribution in [2.75, 3.05) is 17.2 Å². The molecule has 2 rings (SSSR count). The second-order valence-electron chi connectivity index (χ2n) is 5.19. The van der Waals surface area contributed by atoms with Gasteiger partial charge in [-0.2, -0.15) is 0 Å². The molecule has 1 heterocycles. The zero-order valence-corrected chi connectivity index (χ0v) is 13.8. The van der Waals surface area contributed by atoms with Gasteiger partial charge in [0, 0.05) is 6.20 Å². The number of para-hydroxylation sites is 1. The van der Waals surface area contributed by atoms with E-state index in [9.17, 15) is 14.4 Å². The van der Waals surface area contributed by atoms with E-state index >= 15 is 0 Å². The molecule has 0 atom stereocenters. The number of esters is 1. The van der Waals surface area contributed by atoms with E-state index in [1.165, 1.54) is 18.3 Å². The number of hydrogen-bond acceptors (Lipinski definition) is 5. The van der Waals surface area contributed by atoms with Crippen molar-refractivity contribution in [2.24, 2.45) is 0 Å². The number of anilines is 2. The Morgan fingerprint density at radius 1 is 1.04 bits per heavy atom. The van der Waals surface area contributed by atoms with Crippen molar-refractivity contribution in [3.05, 3.63) is 54.4 Å². The molecular weight excluding hydrogens is 322 g/mol. The molecule has 2 amide bonds. The third kappa shape index (κ3) is 5.42. The summed E-state index contributed by atoms with van der Waals surface area (Å²) in [6.45, 7) is 2.29. The highest BCUT2D eigenvalue weighted by Gasteiger charge is 2.18. The van der Waals surface area contributed by atoms with Crippen molar-refractivity contribution in [3.8, 4) is 0 Å². The fourth-order valence-corrected chi connectivity index (χ4v) is 1.96. The van der Waals surface area contributed by atoms with Crippen LogP contribution < -0.4 is 10.6 Å². The zero-order valence-electron chi connectivity index (χ0n) is 13.8. The number of ether oxygens (including phenoxy) is 1. The van der Waals surface area contributed by atoms with Gasteiger partial charge in [0.2, 0.25) is 0 Å². The maximum Gasteiger partial charge on any atom is 0.340 e. The number of unbranched alkanes of at least 4 members (excludes halogenated alkanes) is 1. The smallest absolute Gasteiger partial charge is 0.340 e. The van der Waals surface area contributed by atoms with Gasteiger partial charge in [-0.1, -0.05) is 25.5 Å². The van der Waals surface area contributed by atoms with Gasteiger partial charge in [-0.25, -0.2) is 4.79 Å². The molecule has 0 saturated carbocycles. The molecule has 0 aliphatic rings. The van der Waals surface area contributed by atoms with Crippen LogP contribution in [0.3, 0.4) is 0 Å². The number of rotatable bonds is 6. The van der Waals surface area contributed by atoms with E-state index < -0.39 is 17.8 Å². The zero-order chi connectivity index (χ0) is 18.1. The van der Waals surface area contributed by atoms with E-state index in [2.05, 4.69) is 15.6 Å². The van der Waals surface area contributed by atoms with Crippen molar-refractivity contribution in [3.63, 3.8) is 0 Å². The van der Waals surface area contributed by atoms with Gasteiger partial charge in [-0.15, -0.1) is 0 Å². The number of carbonyl (C=O) groups excluding carboxylic acids is 3. The first-order valence-corrected chi connectivity index (χ1v) is 7.90. The minimum atomic E-state index is -0.891. The summed E-state index contributed by atoms with van der Waals surface area (Å²) in [6.07, 6.45) is 4.63. The Morgan fingerprint density at radius 2 is 1.80 bits per heavy atom. The van der Waals surface area contributed by atoms with Gasteiger partial charge in [-0.05, 0) is 30.7 Å². The second-order valence-corrected chi connectivity index (χ2v) is 5.19. The van der Waals surface area contributed by atoms with Gasteiger partial charge in [0.15, 0.2) is 0 Å². The van der Waals surface area contributed by atoms with E-state index in [1.807, 2.05) is 6.92 Å². The molecule has 7 nitrogen and oxygen atoms in total. The average Bonchev–Trinajstić information content (AvgIpc) is 2.63. The van der Waals surface area contributed by atoms with E-state index in [4.69, 9.17) is 4.74 Å². The van der Waals surface area contributed by atoms with E-state index in [-0.39, 0.29) is 11.3 Å². The van der Waals surface area contributed by atoms with Crippen molar-refractivity contribution < 1.29 is 19.1 Å². The summed E-state index contributed by atoms with van der Waals surface area (Å²) in [5.41, 5.74) is 0.811. The Bertz CT molecular complexity index is 747. The molecule has 0 unspecified atom stereocenters. The summed E-state index contributed by atoms with van der Waals surface area (Å²) in [5.74, 6) is -2.29. The lowest BCUT2D eigenvalue weighted by molar-refractivity contribution is -0.133. The Kier molecular flexibility index (Phi) is 6.65. The van der Waals surface area contributed by atoms with Crippen molar-refractivity contribution in [1.82, 2.24) is 4.98 Å². The molecule has 0 bridgehead atoms. The lowest BCUT2D eigenvalue weighted by atomic mass is 10.1. The predicted octanol–water partition coefficient (Wildman–Crippen LogP) is 2.62. The summed E-state index contributed by atoms with van der Waals surface area (Å²) < 4.78 is 5.15. The number of pyridine rings is 1. The first kappa shape index (κ1) is 18.1. The van der Waals surface area contributed by atoms with Gasteiger partial charge in [0.05, 0.1) is 29.7 Å². The van der Waals surface area contributed by atoms with Crippen LogP contribution in [-0.4, -0.2) is 29.4 Å². The Hall–Kier alpha value is -3.22. The standard InChI is InChI=1S/C18H19N3O4/c1-2-3-11-25-18(24)14-8-4-5-9-15(14)21-17(23)16(22)20-13-7-6-10-19-12-13/h4-10,12H,2-3,11H2,1H3,(H,20,22)(H,21,23).